The smallest absolute Gasteiger partial charge is 0.241 e. The summed E-state index contributed by atoms with van der Waals surface area (Å²) in [6.45, 7) is 4.28. The van der Waals surface area contributed by atoms with E-state index in [-0.39, 0.29) is 5.91 Å². The molecule has 0 heterocycles. The third-order valence-electron chi connectivity index (χ3n) is 4.49. The number of nitrogens with two attached hydrogens (primary N) is 1. The Bertz CT molecular complexity index is 433. The lowest BCUT2D eigenvalue weighted by Crippen LogP contribution is -2.42. The second kappa shape index (κ2) is 6.89. The molecule has 0 aromatic heterocycles. The maximum absolute atomic E-state index is 12.2. The predicted octanol–water partition coefficient (Wildman–Crippen LogP) is 3.08. The van der Waals surface area contributed by atoms with Crippen molar-refractivity contribution < 1.29 is 4.79 Å². The zero-order chi connectivity index (χ0) is 14.5. The predicted molar refractivity (Wildman–Crippen MR) is 82.3 cm³/mol. The highest BCUT2D eigenvalue weighted by atomic mass is 16.2. The quantitative estimate of drug-likeness (QED) is 0.886. The van der Waals surface area contributed by atoms with Crippen molar-refractivity contribution in [3.05, 3.63) is 35.4 Å². The zero-order valence-electron chi connectivity index (χ0n) is 12.6. The molecule has 1 aromatic carbocycles. The van der Waals surface area contributed by atoms with E-state index in [0.29, 0.717) is 6.04 Å². The lowest BCUT2D eigenvalue weighted by molar-refractivity contribution is -0.123. The second-order valence-electron chi connectivity index (χ2n) is 6.02. The van der Waals surface area contributed by atoms with E-state index in [1.54, 1.807) is 0 Å². The number of aryl methyl sites for hydroxylation is 1. The number of amides is 1. The van der Waals surface area contributed by atoms with Gasteiger partial charge in [-0.25, -0.2) is 0 Å². The molecule has 0 radical (unpaired) electrons. The molecule has 0 bridgehead atoms. The fourth-order valence-electron chi connectivity index (χ4n) is 2.93. The maximum Gasteiger partial charge on any atom is 0.241 e. The van der Waals surface area contributed by atoms with Gasteiger partial charge in [0.2, 0.25) is 5.91 Å². The molecule has 1 unspecified atom stereocenters. The molecule has 1 amide bonds. The molecule has 0 aliphatic heterocycles. The first-order valence-electron chi connectivity index (χ1n) is 7.72. The first kappa shape index (κ1) is 15.0. The van der Waals surface area contributed by atoms with Crippen molar-refractivity contribution in [3.8, 4) is 0 Å². The van der Waals surface area contributed by atoms with E-state index in [4.69, 9.17) is 5.73 Å². The largest absolute Gasteiger partial charge is 0.352 e. The number of rotatable bonds is 4. The first-order valence-corrected chi connectivity index (χ1v) is 7.72. The topological polar surface area (TPSA) is 55.1 Å². The van der Waals surface area contributed by atoms with Gasteiger partial charge in [-0.1, -0.05) is 43.2 Å². The summed E-state index contributed by atoms with van der Waals surface area (Å²) >= 11 is 0. The van der Waals surface area contributed by atoms with Crippen LogP contribution in [0.1, 0.15) is 56.2 Å². The van der Waals surface area contributed by atoms with E-state index >= 15 is 0 Å². The monoisotopic (exact) mass is 274 g/mol. The van der Waals surface area contributed by atoms with E-state index in [1.807, 2.05) is 31.2 Å². The summed E-state index contributed by atoms with van der Waals surface area (Å²) in [6.07, 6.45) is 5.88. The molecule has 1 aliphatic rings. The molecule has 3 heteroatoms. The Balaban J connectivity index is 1.87. The van der Waals surface area contributed by atoms with Crippen LogP contribution >= 0.6 is 0 Å². The van der Waals surface area contributed by atoms with Crippen molar-refractivity contribution in [1.29, 1.82) is 0 Å². The molecule has 1 saturated carbocycles. The molecule has 0 spiro atoms. The minimum atomic E-state index is -0.556. The Morgan fingerprint density at radius 2 is 1.85 bits per heavy atom. The van der Waals surface area contributed by atoms with Crippen molar-refractivity contribution >= 4 is 5.91 Å². The molecule has 1 atom stereocenters. The van der Waals surface area contributed by atoms with Crippen LogP contribution in [0.2, 0.25) is 0 Å². The normalized spacial score (nSPS) is 24.1. The van der Waals surface area contributed by atoms with Gasteiger partial charge in [-0.3, -0.25) is 4.79 Å². The van der Waals surface area contributed by atoms with Crippen LogP contribution in [0.15, 0.2) is 24.3 Å². The van der Waals surface area contributed by atoms with E-state index in [9.17, 15) is 4.79 Å². The fourth-order valence-corrected chi connectivity index (χ4v) is 2.93. The van der Waals surface area contributed by atoms with Crippen LogP contribution in [-0.2, 0) is 4.79 Å². The van der Waals surface area contributed by atoms with Gasteiger partial charge in [-0.05, 0) is 44.1 Å². The van der Waals surface area contributed by atoms with Gasteiger partial charge in [0.15, 0.2) is 0 Å². The molecule has 0 saturated heterocycles. The van der Waals surface area contributed by atoms with Crippen LogP contribution in [0.25, 0.3) is 0 Å². The average Bonchev–Trinajstić information content (AvgIpc) is 2.48. The highest BCUT2D eigenvalue weighted by Gasteiger charge is 2.24. The van der Waals surface area contributed by atoms with E-state index in [0.717, 1.165) is 24.3 Å². The van der Waals surface area contributed by atoms with Gasteiger partial charge < -0.3 is 11.1 Å². The van der Waals surface area contributed by atoms with E-state index in [1.165, 1.54) is 24.8 Å². The van der Waals surface area contributed by atoms with Gasteiger partial charge >= 0.3 is 0 Å². The minimum Gasteiger partial charge on any atom is -0.352 e. The third kappa shape index (κ3) is 3.83. The van der Waals surface area contributed by atoms with Crippen molar-refractivity contribution in [2.24, 2.45) is 11.7 Å². The molecular weight excluding hydrogens is 248 g/mol. The lowest BCUT2D eigenvalue weighted by atomic mass is 9.84. The maximum atomic E-state index is 12.2. The van der Waals surface area contributed by atoms with Crippen molar-refractivity contribution in [2.45, 2.75) is 58.0 Å². The minimum absolute atomic E-state index is 0.0474. The highest BCUT2D eigenvalue weighted by Crippen LogP contribution is 2.26. The number of carbonyl (C=O) groups is 1. The van der Waals surface area contributed by atoms with Gasteiger partial charge in [0, 0.05) is 6.04 Å². The van der Waals surface area contributed by atoms with Gasteiger partial charge in [0.05, 0.1) is 0 Å². The van der Waals surface area contributed by atoms with Crippen molar-refractivity contribution in [3.63, 3.8) is 0 Å². The van der Waals surface area contributed by atoms with Crippen molar-refractivity contribution in [1.82, 2.24) is 5.32 Å². The second-order valence-corrected chi connectivity index (χ2v) is 6.02. The van der Waals surface area contributed by atoms with Crippen LogP contribution in [0.4, 0.5) is 0 Å². The summed E-state index contributed by atoms with van der Waals surface area (Å²) in [5.74, 6) is 0.794. The summed E-state index contributed by atoms with van der Waals surface area (Å²) in [5.41, 5.74) is 8.11. The third-order valence-corrected chi connectivity index (χ3v) is 4.49. The van der Waals surface area contributed by atoms with Crippen LogP contribution in [0, 0.1) is 12.8 Å². The SMILES string of the molecule is CCC1CCC(NC(=O)C(N)c2ccc(C)cc2)CC1. The number of benzene rings is 1. The number of hydrogen-bond acceptors (Lipinski definition) is 2. The Morgan fingerprint density at radius 3 is 2.40 bits per heavy atom. The number of carbonyl (C=O) groups excluding carboxylic acids is 1. The van der Waals surface area contributed by atoms with Gasteiger partial charge in [-0.2, -0.15) is 0 Å². The molecule has 110 valence electrons. The number of hydrogen-bond donors (Lipinski definition) is 2. The Morgan fingerprint density at radius 1 is 1.25 bits per heavy atom. The summed E-state index contributed by atoms with van der Waals surface area (Å²) in [4.78, 5) is 12.2. The van der Waals surface area contributed by atoms with E-state index < -0.39 is 6.04 Å². The van der Waals surface area contributed by atoms with Crippen LogP contribution in [0.3, 0.4) is 0 Å². The standard InChI is InChI=1S/C17H26N2O/c1-3-13-6-10-15(11-7-13)19-17(20)16(18)14-8-4-12(2)5-9-14/h4-5,8-9,13,15-16H,3,6-7,10-11,18H2,1-2H3,(H,19,20). The number of nitrogens with one attached hydrogen (secondary N) is 1. The summed E-state index contributed by atoms with van der Waals surface area (Å²) in [7, 11) is 0. The Hall–Kier alpha value is -1.35. The average molecular weight is 274 g/mol. The Labute approximate surface area is 121 Å². The molecule has 20 heavy (non-hydrogen) atoms. The Kier molecular flexibility index (Phi) is 5.18. The van der Waals surface area contributed by atoms with Gasteiger partial charge in [-0.15, -0.1) is 0 Å². The molecular formula is C17H26N2O. The molecule has 1 aromatic rings. The molecule has 3 N–H and O–H groups in total. The van der Waals surface area contributed by atoms with Crippen LogP contribution in [-0.4, -0.2) is 11.9 Å². The van der Waals surface area contributed by atoms with Crippen molar-refractivity contribution in [2.75, 3.05) is 0 Å². The van der Waals surface area contributed by atoms with Gasteiger partial charge in [0.25, 0.3) is 0 Å². The summed E-state index contributed by atoms with van der Waals surface area (Å²) in [6, 6.07) is 7.62. The lowest BCUT2D eigenvalue weighted by Gasteiger charge is -2.29. The molecule has 2 rings (SSSR count). The zero-order valence-corrected chi connectivity index (χ0v) is 12.6. The van der Waals surface area contributed by atoms with Crippen LogP contribution < -0.4 is 11.1 Å². The molecule has 3 nitrogen and oxygen atoms in total. The molecule has 1 aliphatic carbocycles. The van der Waals surface area contributed by atoms with Gasteiger partial charge in [0.1, 0.15) is 6.04 Å². The fraction of sp³-hybridized carbons (Fsp3) is 0.588. The summed E-state index contributed by atoms with van der Waals surface area (Å²) in [5, 5.41) is 3.11. The highest BCUT2D eigenvalue weighted by molar-refractivity contribution is 5.83. The van der Waals surface area contributed by atoms with E-state index in [2.05, 4.69) is 12.2 Å². The summed E-state index contributed by atoms with van der Waals surface area (Å²) < 4.78 is 0. The molecule has 1 fully saturated rings. The first-order chi connectivity index (χ1) is 9.60. The van der Waals surface area contributed by atoms with Crippen LogP contribution in [0.5, 0.6) is 0 Å².